The maximum Gasteiger partial charge on any atom is 0.108 e. The van der Waals surface area contributed by atoms with Gasteiger partial charge in [0, 0.05) is 49.4 Å². The van der Waals surface area contributed by atoms with Crippen LogP contribution in [0.15, 0.2) is 53.4 Å². The maximum absolute atomic E-state index is 9.62. The molecule has 3 aromatic rings. The Hall–Kier alpha value is -2.72. The quantitative estimate of drug-likeness (QED) is 0.305. The number of fused-ring (bicyclic) bond motifs is 1. The highest BCUT2D eigenvalue weighted by atomic mass is 32.2. The molecule has 4 rings (SSSR count). The molecule has 0 saturated carbocycles. The van der Waals surface area contributed by atoms with Gasteiger partial charge in [0.1, 0.15) is 11.0 Å². The summed E-state index contributed by atoms with van der Waals surface area (Å²) in [5, 5.41) is 21.3. The summed E-state index contributed by atoms with van der Waals surface area (Å²) in [4.78, 5) is 3.08. The van der Waals surface area contributed by atoms with Crippen molar-refractivity contribution in [2.75, 3.05) is 24.6 Å². The van der Waals surface area contributed by atoms with Crippen LogP contribution < -0.4 is 9.62 Å². The van der Waals surface area contributed by atoms with Crippen LogP contribution >= 0.6 is 11.9 Å². The van der Waals surface area contributed by atoms with Crippen LogP contribution in [0.4, 0.5) is 5.69 Å². The van der Waals surface area contributed by atoms with Crippen LogP contribution in [0.3, 0.4) is 0 Å². The van der Waals surface area contributed by atoms with E-state index in [0.29, 0.717) is 11.3 Å². The number of rotatable bonds is 8. The van der Waals surface area contributed by atoms with Crippen molar-refractivity contribution < 1.29 is 5.11 Å². The molecular weight excluding hydrogens is 440 g/mol. The van der Waals surface area contributed by atoms with Crippen LogP contribution in [0, 0.1) is 11.3 Å². The fourth-order valence-electron chi connectivity index (χ4n) is 4.45. The molecular formula is C28H34N4OS. The number of benzene rings is 2. The van der Waals surface area contributed by atoms with Crippen LogP contribution in [0.1, 0.15) is 45.2 Å². The Labute approximate surface area is 207 Å². The Kier molecular flexibility index (Phi) is 7.67. The van der Waals surface area contributed by atoms with Gasteiger partial charge in [0.25, 0.3) is 0 Å². The van der Waals surface area contributed by atoms with Gasteiger partial charge in [0.15, 0.2) is 0 Å². The van der Waals surface area contributed by atoms with E-state index in [1.54, 1.807) is 0 Å². The monoisotopic (exact) mass is 474 g/mol. The summed E-state index contributed by atoms with van der Waals surface area (Å²) >= 11 is 1.31. The van der Waals surface area contributed by atoms with Crippen LogP contribution in [0.5, 0.6) is 0 Å². The molecule has 5 nitrogen and oxygen atoms in total. The van der Waals surface area contributed by atoms with E-state index in [9.17, 15) is 10.4 Å². The summed E-state index contributed by atoms with van der Waals surface area (Å²) in [6.07, 6.45) is 6.43. The first kappa shape index (κ1) is 24.4. The molecule has 1 fully saturated rings. The summed E-state index contributed by atoms with van der Waals surface area (Å²) in [6, 6.07) is 19.9. The van der Waals surface area contributed by atoms with E-state index >= 15 is 0 Å². The van der Waals surface area contributed by atoms with Crippen molar-refractivity contribution in [3.05, 3.63) is 59.1 Å². The fourth-order valence-corrected chi connectivity index (χ4v) is 5.16. The second-order valence-electron chi connectivity index (χ2n) is 9.68. The van der Waals surface area contributed by atoms with Gasteiger partial charge in [-0.25, -0.2) is 0 Å². The number of hydrogen-bond donors (Lipinski definition) is 2. The molecule has 2 heterocycles. The van der Waals surface area contributed by atoms with E-state index in [2.05, 4.69) is 68.8 Å². The minimum absolute atomic E-state index is 0.110. The molecule has 1 aliphatic heterocycles. The lowest BCUT2D eigenvalue weighted by Crippen LogP contribution is -2.35. The number of nitriles is 1. The summed E-state index contributed by atoms with van der Waals surface area (Å²) in [7, 11) is 2.04. The third-order valence-electron chi connectivity index (χ3n) is 6.56. The van der Waals surface area contributed by atoms with Crippen molar-refractivity contribution in [2.24, 2.45) is 7.05 Å². The van der Waals surface area contributed by atoms with E-state index < -0.39 is 0 Å². The highest BCUT2D eigenvalue weighted by Gasteiger charge is 2.17. The molecule has 1 aliphatic rings. The van der Waals surface area contributed by atoms with Gasteiger partial charge in [0.05, 0.1) is 0 Å². The Morgan fingerprint density at radius 3 is 2.56 bits per heavy atom. The zero-order valence-electron chi connectivity index (χ0n) is 20.3. The van der Waals surface area contributed by atoms with Gasteiger partial charge in [0.2, 0.25) is 0 Å². The molecule has 0 bridgehead atoms. The lowest BCUT2D eigenvalue weighted by atomic mass is 10.0. The number of aromatic nitrogens is 1. The first-order chi connectivity index (χ1) is 16.4. The molecule has 0 atom stereocenters. The van der Waals surface area contributed by atoms with Crippen molar-refractivity contribution in [2.45, 2.75) is 45.1 Å². The Morgan fingerprint density at radius 2 is 1.82 bits per heavy atom. The number of nitrogens with zero attached hydrogens (tertiary/aromatic N) is 3. The minimum Gasteiger partial charge on any atom is -0.396 e. The summed E-state index contributed by atoms with van der Waals surface area (Å²) < 4.78 is 5.42. The lowest BCUT2D eigenvalue weighted by molar-refractivity contribution is 0.248. The molecule has 0 spiro atoms. The number of allylic oxidation sites excluding steroid dienone is 1. The standard InChI is InChI=1S/C28H34N4OS/c1-28(2,13-16-33)30-34-26(20-29)19-24-11-12-27(31(24)3)23-8-7-22-18-25(10-9-21(22)17-23)32-14-5-4-6-15-32/h7-12,17-19,30,33H,4-6,13-16H2,1-3H3/b26-19+. The van der Waals surface area contributed by atoms with Crippen molar-refractivity contribution in [3.63, 3.8) is 0 Å². The smallest absolute Gasteiger partial charge is 0.108 e. The van der Waals surface area contributed by atoms with Gasteiger partial charge < -0.3 is 14.6 Å². The molecule has 0 radical (unpaired) electrons. The van der Waals surface area contributed by atoms with Crippen LogP contribution in [0.25, 0.3) is 28.1 Å². The number of aliphatic hydroxyl groups is 1. The molecule has 1 saturated heterocycles. The number of nitrogens with one attached hydrogen (secondary N) is 1. The predicted molar refractivity (Wildman–Crippen MR) is 145 cm³/mol. The van der Waals surface area contributed by atoms with Crippen molar-refractivity contribution in [1.82, 2.24) is 9.29 Å². The zero-order valence-corrected chi connectivity index (χ0v) is 21.2. The second-order valence-corrected chi connectivity index (χ2v) is 10.5. The summed E-state index contributed by atoms with van der Waals surface area (Å²) in [5.41, 5.74) is 4.32. The number of aliphatic hydroxyl groups excluding tert-OH is 1. The van der Waals surface area contributed by atoms with Gasteiger partial charge in [-0.1, -0.05) is 18.2 Å². The lowest BCUT2D eigenvalue weighted by Gasteiger charge is -2.29. The third-order valence-corrected chi connectivity index (χ3v) is 7.65. The predicted octanol–water partition coefficient (Wildman–Crippen LogP) is 6.10. The number of piperidine rings is 1. The second kappa shape index (κ2) is 10.7. The largest absolute Gasteiger partial charge is 0.396 e. The topological polar surface area (TPSA) is 64.2 Å². The molecule has 2 N–H and O–H groups in total. The molecule has 34 heavy (non-hydrogen) atoms. The molecule has 0 unspecified atom stereocenters. The molecule has 178 valence electrons. The minimum atomic E-state index is -0.256. The van der Waals surface area contributed by atoms with Crippen molar-refractivity contribution >= 4 is 34.5 Å². The number of hydrogen-bond acceptors (Lipinski definition) is 5. The van der Waals surface area contributed by atoms with Crippen molar-refractivity contribution in [3.8, 4) is 17.3 Å². The molecule has 2 aromatic carbocycles. The fraction of sp³-hybridized carbons (Fsp3) is 0.393. The van der Waals surface area contributed by atoms with E-state index in [1.807, 2.05) is 27.0 Å². The summed E-state index contributed by atoms with van der Waals surface area (Å²) in [5.74, 6) is 0. The number of anilines is 1. The van der Waals surface area contributed by atoms with E-state index in [4.69, 9.17) is 0 Å². The first-order valence-electron chi connectivity index (χ1n) is 12.0. The van der Waals surface area contributed by atoms with Gasteiger partial charge >= 0.3 is 0 Å². The van der Waals surface area contributed by atoms with Gasteiger partial charge in [-0.3, -0.25) is 4.72 Å². The third kappa shape index (κ3) is 5.67. The van der Waals surface area contributed by atoms with Gasteiger partial charge in [-0.05, 0) is 104 Å². The molecule has 0 amide bonds. The first-order valence-corrected chi connectivity index (χ1v) is 12.8. The van der Waals surface area contributed by atoms with Crippen molar-refractivity contribution in [1.29, 1.82) is 5.26 Å². The average molecular weight is 475 g/mol. The van der Waals surface area contributed by atoms with E-state index in [-0.39, 0.29) is 12.1 Å². The van der Waals surface area contributed by atoms with Crippen LogP contribution in [-0.2, 0) is 7.05 Å². The Morgan fingerprint density at radius 1 is 1.09 bits per heavy atom. The highest BCUT2D eigenvalue weighted by Crippen LogP contribution is 2.30. The van der Waals surface area contributed by atoms with Crippen LogP contribution in [-0.4, -0.2) is 34.9 Å². The normalized spacial score (nSPS) is 15.0. The van der Waals surface area contributed by atoms with Gasteiger partial charge in [-0.15, -0.1) is 0 Å². The Balaban J connectivity index is 1.54. The highest BCUT2D eigenvalue weighted by molar-refractivity contribution is 8.01. The van der Waals surface area contributed by atoms with Gasteiger partial charge in [-0.2, -0.15) is 5.26 Å². The SMILES string of the molecule is Cn1c(/C=C(\C#N)SNC(C)(C)CCO)ccc1-c1ccc2cc(N3CCCCC3)ccc2c1. The zero-order chi connectivity index (χ0) is 24.1. The maximum atomic E-state index is 9.62. The molecule has 6 heteroatoms. The van der Waals surface area contributed by atoms with Crippen LogP contribution in [0.2, 0.25) is 0 Å². The summed E-state index contributed by atoms with van der Waals surface area (Å²) in [6.45, 7) is 6.45. The average Bonchev–Trinajstić information content (AvgIpc) is 3.21. The molecule has 1 aromatic heterocycles. The van der Waals surface area contributed by atoms with E-state index in [1.165, 1.54) is 47.7 Å². The molecule has 0 aliphatic carbocycles. The van der Waals surface area contributed by atoms with E-state index in [0.717, 1.165) is 30.0 Å². The Bertz CT molecular complexity index is 1210.